The van der Waals surface area contributed by atoms with Crippen LogP contribution in [0.4, 0.5) is 0 Å². The smallest absolute Gasteiger partial charge is 0.326 e. The largest absolute Gasteiger partial charge is 0.459 e. The Labute approximate surface area is 163 Å². The Morgan fingerprint density at radius 2 is 1.89 bits per heavy atom. The lowest BCUT2D eigenvalue weighted by Gasteiger charge is -2.26. The molecular formula is C22H34N2O3. The molecule has 2 N–H and O–H groups in total. The van der Waals surface area contributed by atoms with Gasteiger partial charge < -0.3 is 15.2 Å². The standard InChI is InChI=1S/C22H34N2O3/c1-16(17-8-6-5-7-9-17)24-13-18(19(14-24)15-25)12-23-22(10-11-22)20(26)27-21(2,3)4/h5-9,16,18-19,23,25H,10-15H2,1-4H3/t16-,18+,19-/m0/s1. The zero-order valence-corrected chi connectivity index (χ0v) is 17.1. The van der Waals surface area contributed by atoms with Crippen molar-refractivity contribution in [2.24, 2.45) is 11.8 Å². The maximum absolute atomic E-state index is 12.5. The van der Waals surface area contributed by atoms with E-state index < -0.39 is 11.1 Å². The summed E-state index contributed by atoms with van der Waals surface area (Å²) in [5, 5.41) is 13.4. The molecule has 1 aromatic carbocycles. The van der Waals surface area contributed by atoms with Crippen LogP contribution in [0.5, 0.6) is 0 Å². The molecule has 27 heavy (non-hydrogen) atoms. The average Bonchev–Trinajstić information content (AvgIpc) is 3.31. The second-order valence-corrected chi connectivity index (χ2v) is 9.21. The van der Waals surface area contributed by atoms with E-state index in [0.29, 0.717) is 12.0 Å². The van der Waals surface area contributed by atoms with Crippen molar-refractivity contribution in [2.45, 2.75) is 57.7 Å². The Morgan fingerprint density at radius 1 is 1.26 bits per heavy atom. The molecule has 5 heteroatoms. The summed E-state index contributed by atoms with van der Waals surface area (Å²) in [5.41, 5.74) is 0.332. The molecule has 1 saturated heterocycles. The molecule has 1 aromatic rings. The molecule has 1 aliphatic carbocycles. The fraction of sp³-hybridized carbons (Fsp3) is 0.682. The van der Waals surface area contributed by atoms with Crippen LogP contribution in [0.3, 0.4) is 0 Å². The SMILES string of the molecule is C[C@@H](c1ccccc1)N1C[C@@H](CO)[C@H](CNC2(C(=O)OC(C)(C)C)CC2)C1. The van der Waals surface area contributed by atoms with Gasteiger partial charge in [-0.25, -0.2) is 0 Å². The first kappa shape index (κ1) is 20.3. The van der Waals surface area contributed by atoms with Crippen molar-refractivity contribution >= 4 is 5.97 Å². The van der Waals surface area contributed by atoms with Gasteiger partial charge in [0.05, 0.1) is 0 Å². The third kappa shape index (κ3) is 4.89. The number of benzene rings is 1. The number of aliphatic hydroxyl groups is 1. The molecule has 1 saturated carbocycles. The summed E-state index contributed by atoms with van der Waals surface area (Å²) in [7, 11) is 0. The topological polar surface area (TPSA) is 61.8 Å². The van der Waals surface area contributed by atoms with Gasteiger partial charge in [-0.05, 0) is 57.9 Å². The van der Waals surface area contributed by atoms with Gasteiger partial charge in [-0.1, -0.05) is 30.3 Å². The van der Waals surface area contributed by atoms with E-state index in [1.54, 1.807) is 0 Å². The average molecular weight is 375 g/mol. The molecule has 3 rings (SSSR count). The molecule has 2 fully saturated rings. The van der Waals surface area contributed by atoms with Gasteiger partial charge in [0.25, 0.3) is 0 Å². The summed E-state index contributed by atoms with van der Waals surface area (Å²) < 4.78 is 5.59. The van der Waals surface area contributed by atoms with Gasteiger partial charge in [0.2, 0.25) is 0 Å². The summed E-state index contributed by atoms with van der Waals surface area (Å²) in [6.07, 6.45) is 1.67. The number of hydrogen-bond donors (Lipinski definition) is 2. The van der Waals surface area contributed by atoms with Crippen molar-refractivity contribution in [3.05, 3.63) is 35.9 Å². The van der Waals surface area contributed by atoms with Gasteiger partial charge in [0.1, 0.15) is 11.1 Å². The maximum Gasteiger partial charge on any atom is 0.326 e. The van der Waals surface area contributed by atoms with Crippen LogP contribution in [0.1, 0.15) is 52.1 Å². The number of likely N-dealkylation sites (tertiary alicyclic amines) is 1. The summed E-state index contributed by atoms with van der Waals surface area (Å²) in [6.45, 7) is 10.7. The van der Waals surface area contributed by atoms with Gasteiger partial charge in [-0.2, -0.15) is 0 Å². The van der Waals surface area contributed by atoms with Crippen molar-refractivity contribution in [2.75, 3.05) is 26.2 Å². The second-order valence-electron chi connectivity index (χ2n) is 9.21. The minimum absolute atomic E-state index is 0.136. The van der Waals surface area contributed by atoms with Crippen LogP contribution < -0.4 is 5.32 Å². The van der Waals surface area contributed by atoms with Gasteiger partial charge >= 0.3 is 5.97 Å². The predicted octanol–water partition coefficient (Wildman–Crippen LogP) is 2.75. The molecule has 0 radical (unpaired) electrons. The molecule has 0 aromatic heterocycles. The lowest BCUT2D eigenvalue weighted by atomic mass is 9.96. The number of carbonyl (C=O) groups is 1. The third-order valence-corrected chi connectivity index (χ3v) is 5.91. The van der Waals surface area contributed by atoms with E-state index in [0.717, 1.165) is 32.5 Å². The molecule has 0 bridgehead atoms. The molecule has 150 valence electrons. The molecule has 0 amide bonds. The van der Waals surface area contributed by atoms with Gasteiger partial charge in [0.15, 0.2) is 0 Å². The number of esters is 1. The number of nitrogens with zero attached hydrogens (tertiary/aromatic N) is 1. The van der Waals surface area contributed by atoms with Crippen molar-refractivity contribution < 1.29 is 14.6 Å². The number of carbonyl (C=O) groups excluding carboxylic acids is 1. The molecule has 3 atom stereocenters. The number of hydrogen-bond acceptors (Lipinski definition) is 5. The van der Waals surface area contributed by atoms with E-state index in [-0.39, 0.29) is 18.5 Å². The predicted molar refractivity (Wildman–Crippen MR) is 106 cm³/mol. The second kappa shape index (κ2) is 7.90. The van der Waals surface area contributed by atoms with Crippen molar-refractivity contribution in [1.29, 1.82) is 0 Å². The van der Waals surface area contributed by atoms with E-state index >= 15 is 0 Å². The third-order valence-electron chi connectivity index (χ3n) is 5.91. The number of rotatable bonds is 7. The van der Waals surface area contributed by atoms with E-state index in [1.165, 1.54) is 5.56 Å². The van der Waals surface area contributed by atoms with Crippen LogP contribution in [-0.2, 0) is 9.53 Å². The molecule has 0 spiro atoms. The summed E-state index contributed by atoms with van der Waals surface area (Å²) in [6, 6.07) is 10.8. The van der Waals surface area contributed by atoms with Crippen LogP contribution in [-0.4, -0.2) is 53.4 Å². The van der Waals surface area contributed by atoms with Gasteiger partial charge in [0, 0.05) is 32.3 Å². The highest BCUT2D eigenvalue weighted by atomic mass is 16.6. The molecule has 2 aliphatic rings. The van der Waals surface area contributed by atoms with E-state index in [1.807, 2.05) is 26.8 Å². The van der Waals surface area contributed by atoms with Gasteiger partial charge in [-0.3, -0.25) is 9.69 Å². The van der Waals surface area contributed by atoms with Crippen LogP contribution in [0.25, 0.3) is 0 Å². The Kier molecular flexibility index (Phi) is 5.94. The number of ether oxygens (including phenoxy) is 1. The lowest BCUT2D eigenvalue weighted by Crippen LogP contribution is -2.46. The van der Waals surface area contributed by atoms with Crippen molar-refractivity contribution in [3.8, 4) is 0 Å². The molecule has 0 unspecified atom stereocenters. The van der Waals surface area contributed by atoms with Crippen LogP contribution in [0.15, 0.2) is 30.3 Å². The summed E-state index contributed by atoms with van der Waals surface area (Å²) in [5.74, 6) is 0.433. The fourth-order valence-electron chi connectivity index (χ4n) is 3.95. The first-order valence-corrected chi connectivity index (χ1v) is 10.1. The normalized spacial score (nSPS) is 26.0. The summed E-state index contributed by atoms with van der Waals surface area (Å²) in [4.78, 5) is 15.0. The number of aliphatic hydroxyl groups excluding tert-OH is 1. The molecule has 1 heterocycles. The van der Waals surface area contributed by atoms with Crippen LogP contribution >= 0.6 is 0 Å². The molecule has 5 nitrogen and oxygen atoms in total. The quantitative estimate of drug-likeness (QED) is 0.719. The van der Waals surface area contributed by atoms with Crippen molar-refractivity contribution in [1.82, 2.24) is 10.2 Å². The Bertz CT molecular complexity index is 637. The molecule has 1 aliphatic heterocycles. The van der Waals surface area contributed by atoms with E-state index in [2.05, 4.69) is 41.4 Å². The van der Waals surface area contributed by atoms with Crippen LogP contribution in [0.2, 0.25) is 0 Å². The Morgan fingerprint density at radius 3 is 2.44 bits per heavy atom. The first-order chi connectivity index (χ1) is 12.7. The highest BCUT2D eigenvalue weighted by molar-refractivity contribution is 5.84. The monoisotopic (exact) mass is 374 g/mol. The minimum Gasteiger partial charge on any atom is -0.459 e. The van der Waals surface area contributed by atoms with Gasteiger partial charge in [-0.15, -0.1) is 0 Å². The van der Waals surface area contributed by atoms with E-state index in [9.17, 15) is 9.90 Å². The van der Waals surface area contributed by atoms with Crippen molar-refractivity contribution in [3.63, 3.8) is 0 Å². The highest BCUT2D eigenvalue weighted by Crippen LogP contribution is 2.39. The Hall–Kier alpha value is -1.43. The lowest BCUT2D eigenvalue weighted by molar-refractivity contribution is -0.158. The molecular weight excluding hydrogens is 340 g/mol. The minimum atomic E-state index is -0.508. The first-order valence-electron chi connectivity index (χ1n) is 10.1. The van der Waals surface area contributed by atoms with E-state index in [4.69, 9.17) is 4.74 Å². The fourth-order valence-corrected chi connectivity index (χ4v) is 3.95. The summed E-state index contributed by atoms with van der Waals surface area (Å²) >= 11 is 0. The Balaban J connectivity index is 1.58. The highest BCUT2D eigenvalue weighted by Gasteiger charge is 2.52. The maximum atomic E-state index is 12.5. The number of nitrogens with one attached hydrogen (secondary N) is 1. The zero-order chi connectivity index (χ0) is 19.7. The zero-order valence-electron chi connectivity index (χ0n) is 17.1. The van der Waals surface area contributed by atoms with Crippen LogP contribution in [0, 0.1) is 11.8 Å².